The second kappa shape index (κ2) is 6.77. The Bertz CT molecular complexity index is 701. The molecule has 5 nitrogen and oxygen atoms in total. The van der Waals surface area contributed by atoms with Crippen LogP contribution >= 0.6 is 0 Å². The van der Waals surface area contributed by atoms with Gasteiger partial charge in [0.1, 0.15) is 0 Å². The fourth-order valence-electron chi connectivity index (χ4n) is 2.79. The van der Waals surface area contributed by atoms with Gasteiger partial charge in [0.15, 0.2) is 0 Å². The topological polar surface area (TPSA) is 67.3 Å². The highest BCUT2D eigenvalue weighted by molar-refractivity contribution is 6.46. The van der Waals surface area contributed by atoms with Gasteiger partial charge in [-0.25, -0.2) is 9.97 Å². The van der Waals surface area contributed by atoms with Crippen molar-refractivity contribution < 1.29 is 9.76 Å². The Labute approximate surface area is 150 Å². The molecule has 0 atom stereocenters. The minimum absolute atomic E-state index is 0.341. The zero-order valence-corrected chi connectivity index (χ0v) is 15.4. The van der Waals surface area contributed by atoms with Crippen molar-refractivity contribution in [2.75, 3.05) is 5.32 Å². The van der Waals surface area contributed by atoms with Gasteiger partial charge in [0, 0.05) is 18.4 Å². The number of nitrogens with one attached hydrogen (secondary N) is 1. The molecule has 0 aliphatic heterocycles. The summed E-state index contributed by atoms with van der Waals surface area (Å²) < 4.78 is 5.85. The lowest BCUT2D eigenvalue weighted by atomic mass is 9.84. The summed E-state index contributed by atoms with van der Waals surface area (Å²) in [5.41, 5.74) is 2.11. The maximum Gasteiger partial charge on any atom is 0.312 e. The summed E-state index contributed by atoms with van der Waals surface area (Å²) in [6.07, 6.45) is 5.56. The van der Waals surface area contributed by atoms with Gasteiger partial charge in [0.25, 0.3) is 0 Å². The summed E-state index contributed by atoms with van der Waals surface area (Å²) in [6.45, 7) is 7.25. The van der Waals surface area contributed by atoms with Crippen LogP contribution in [0.5, 0.6) is 0 Å². The molecule has 0 amide bonds. The maximum atomic E-state index is 10.1. The third-order valence-corrected chi connectivity index (χ3v) is 5.16. The van der Waals surface area contributed by atoms with Gasteiger partial charge in [-0.2, -0.15) is 0 Å². The molecule has 0 saturated carbocycles. The number of hydrogen-bond donors (Lipinski definition) is 2. The molecule has 0 bridgehead atoms. The van der Waals surface area contributed by atoms with E-state index in [9.17, 15) is 5.11 Å². The van der Waals surface area contributed by atoms with Crippen LogP contribution in [0.3, 0.4) is 0 Å². The summed E-state index contributed by atoms with van der Waals surface area (Å²) in [7, 11) is 0.367. The summed E-state index contributed by atoms with van der Waals surface area (Å²) in [6, 6.07) is 8.88. The predicted octanol–water partition coefficient (Wildman–Crippen LogP) is 1.60. The van der Waals surface area contributed by atoms with Gasteiger partial charge in [-0.15, -0.1) is 0 Å². The molecule has 25 heavy (non-hydrogen) atoms. The third-order valence-electron chi connectivity index (χ3n) is 5.16. The highest BCUT2D eigenvalue weighted by Crippen LogP contribution is 2.24. The molecule has 1 aliphatic rings. The van der Waals surface area contributed by atoms with E-state index in [-0.39, 0.29) is 0 Å². The standard InChI is InChI=1S/C19H26BN3O2/c1-18(2,24)19(3,4)25-20-15-11-21-17(22-12-15)23-16-9-13-7-5-6-8-14(13)10-16/h5-8,11-12,16,20,24H,9-10H2,1-4H3,(H,21,22,23). The molecule has 0 spiro atoms. The van der Waals surface area contributed by atoms with Crippen molar-refractivity contribution >= 4 is 18.9 Å². The van der Waals surface area contributed by atoms with E-state index in [1.165, 1.54) is 11.1 Å². The molecular formula is C19H26BN3O2. The van der Waals surface area contributed by atoms with Gasteiger partial charge in [-0.05, 0) is 57.1 Å². The maximum absolute atomic E-state index is 10.1. The average molecular weight is 339 g/mol. The number of benzene rings is 1. The average Bonchev–Trinajstić information content (AvgIpc) is 2.95. The second-order valence-corrected chi connectivity index (χ2v) is 7.79. The van der Waals surface area contributed by atoms with Crippen LogP contribution in [-0.2, 0) is 17.5 Å². The number of aromatic nitrogens is 2. The van der Waals surface area contributed by atoms with Gasteiger partial charge in [-0.3, -0.25) is 0 Å². The predicted molar refractivity (Wildman–Crippen MR) is 102 cm³/mol. The van der Waals surface area contributed by atoms with Crippen molar-refractivity contribution in [1.29, 1.82) is 0 Å². The molecule has 1 aromatic carbocycles. The molecule has 2 aromatic rings. The summed E-state index contributed by atoms with van der Waals surface area (Å²) >= 11 is 0. The first-order valence-electron chi connectivity index (χ1n) is 8.75. The number of hydrogen-bond acceptors (Lipinski definition) is 5. The van der Waals surface area contributed by atoms with Gasteiger partial charge in [0.2, 0.25) is 5.95 Å². The van der Waals surface area contributed by atoms with Gasteiger partial charge >= 0.3 is 7.48 Å². The van der Waals surface area contributed by atoms with Gasteiger partial charge in [-0.1, -0.05) is 24.3 Å². The second-order valence-electron chi connectivity index (χ2n) is 7.79. The first-order valence-corrected chi connectivity index (χ1v) is 8.75. The summed E-state index contributed by atoms with van der Waals surface area (Å²) in [4.78, 5) is 8.81. The van der Waals surface area contributed by atoms with Gasteiger partial charge < -0.3 is 15.1 Å². The number of fused-ring (bicyclic) bond motifs is 1. The van der Waals surface area contributed by atoms with E-state index in [4.69, 9.17) is 4.65 Å². The monoisotopic (exact) mass is 339 g/mol. The molecule has 0 unspecified atom stereocenters. The number of aliphatic hydroxyl groups is 1. The lowest BCUT2D eigenvalue weighted by Crippen LogP contribution is -2.49. The molecule has 0 saturated heterocycles. The number of anilines is 1. The Balaban J connectivity index is 1.55. The molecule has 132 valence electrons. The van der Waals surface area contributed by atoms with E-state index in [0.29, 0.717) is 19.5 Å². The molecule has 1 heterocycles. The zero-order valence-electron chi connectivity index (χ0n) is 15.4. The van der Waals surface area contributed by atoms with Crippen molar-refractivity contribution in [2.24, 2.45) is 0 Å². The number of nitrogens with zero attached hydrogens (tertiary/aromatic N) is 2. The Kier molecular flexibility index (Phi) is 4.84. The van der Waals surface area contributed by atoms with Gasteiger partial charge in [0.05, 0.1) is 11.2 Å². The highest BCUT2D eigenvalue weighted by atomic mass is 16.5. The van der Waals surface area contributed by atoms with Crippen LogP contribution < -0.4 is 10.8 Å². The fourth-order valence-corrected chi connectivity index (χ4v) is 2.79. The molecule has 6 heteroatoms. The molecular weight excluding hydrogens is 313 g/mol. The lowest BCUT2D eigenvalue weighted by molar-refractivity contribution is -0.0893. The van der Waals surface area contributed by atoms with E-state index in [2.05, 4.69) is 39.6 Å². The first-order chi connectivity index (χ1) is 11.7. The minimum Gasteiger partial charge on any atom is -0.427 e. The zero-order chi connectivity index (χ0) is 18.1. The van der Waals surface area contributed by atoms with Crippen LogP contribution in [-0.4, -0.2) is 39.8 Å². The lowest BCUT2D eigenvalue weighted by Gasteiger charge is -2.37. The summed E-state index contributed by atoms with van der Waals surface area (Å²) in [5.74, 6) is 0.642. The summed E-state index contributed by atoms with van der Waals surface area (Å²) in [5, 5.41) is 13.5. The molecule has 0 fully saturated rings. The molecule has 0 radical (unpaired) electrons. The van der Waals surface area contributed by atoms with E-state index >= 15 is 0 Å². The van der Waals surface area contributed by atoms with Crippen LogP contribution in [0.2, 0.25) is 0 Å². The van der Waals surface area contributed by atoms with Crippen LogP contribution in [0.4, 0.5) is 5.95 Å². The largest absolute Gasteiger partial charge is 0.427 e. The Morgan fingerprint density at radius 2 is 1.64 bits per heavy atom. The van der Waals surface area contributed by atoms with Crippen LogP contribution in [0, 0.1) is 0 Å². The van der Waals surface area contributed by atoms with Crippen molar-refractivity contribution in [3.63, 3.8) is 0 Å². The molecule has 1 aliphatic carbocycles. The van der Waals surface area contributed by atoms with E-state index < -0.39 is 11.2 Å². The van der Waals surface area contributed by atoms with E-state index in [1.807, 2.05) is 13.8 Å². The van der Waals surface area contributed by atoms with Crippen molar-refractivity contribution in [3.05, 3.63) is 47.8 Å². The van der Waals surface area contributed by atoms with Crippen LogP contribution in [0.15, 0.2) is 36.7 Å². The van der Waals surface area contributed by atoms with Crippen molar-refractivity contribution in [2.45, 2.75) is 57.8 Å². The van der Waals surface area contributed by atoms with Crippen molar-refractivity contribution in [3.8, 4) is 0 Å². The van der Waals surface area contributed by atoms with Crippen molar-refractivity contribution in [1.82, 2.24) is 9.97 Å². The Hall–Kier alpha value is -1.92. The first kappa shape index (κ1) is 17.9. The Morgan fingerprint density at radius 1 is 1.08 bits per heavy atom. The molecule has 1 aromatic heterocycles. The fraction of sp³-hybridized carbons (Fsp3) is 0.474. The van der Waals surface area contributed by atoms with E-state index in [1.54, 1.807) is 26.2 Å². The Morgan fingerprint density at radius 3 is 2.16 bits per heavy atom. The minimum atomic E-state index is -0.924. The van der Waals surface area contributed by atoms with Crippen LogP contribution in [0.25, 0.3) is 0 Å². The molecule has 3 rings (SSSR count). The normalized spacial score (nSPS) is 15.1. The smallest absolute Gasteiger partial charge is 0.312 e. The highest BCUT2D eigenvalue weighted by Gasteiger charge is 2.35. The van der Waals surface area contributed by atoms with E-state index in [0.717, 1.165) is 18.3 Å². The molecule has 2 N–H and O–H groups in total. The quantitative estimate of drug-likeness (QED) is 0.783. The van der Waals surface area contributed by atoms with Crippen LogP contribution in [0.1, 0.15) is 38.8 Å². The third kappa shape index (κ3) is 4.19. The number of rotatable bonds is 6. The SMILES string of the molecule is CC(C)(O)C(C)(C)OBc1cnc(NC2Cc3ccccc3C2)nc1.